The summed E-state index contributed by atoms with van der Waals surface area (Å²) in [7, 11) is -1.95. The van der Waals surface area contributed by atoms with Crippen molar-refractivity contribution in [1.82, 2.24) is 9.62 Å². The van der Waals surface area contributed by atoms with Gasteiger partial charge in [0.05, 0.1) is 18.0 Å². The van der Waals surface area contributed by atoms with Gasteiger partial charge in [0.15, 0.2) is 0 Å². The molecule has 2 aromatic carbocycles. The summed E-state index contributed by atoms with van der Waals surface area (Å²) in [6, 6.07) is 11.6. The first-order valence-electron chi connectivity index (χ1n) is 12.5. The molecule has 184 valence electrons. The van der Waals surface area contributed by atoms with Crippen LogP contribution < -0.4 is 10.1 Å². The van der Waals surface area contributed by atoms with Crippen LogP contribution in [0.3, 0.4) is 0 Å². The molecule has 2 aliphatic rings. The summed E-state index contributed by atoms with van der Waals surface area (Å²) in [5, 5.41) is 3.18. The van der Waals surface area contributed by atoms with Gasteiger partial charge in [0.1, 0.15) is 5.75 Å². The predicted molar refractivity (Wildman–Crippen MR) is 134 cm³/mol. The molecule has 34 heavy (non-hydrogen) atoms. The van der Waals surface area contributed by atoms with E-state index in [-0.39, 0.29) is 23.3 Å². The summed E-state index contributed by atoms with van der Waals surface area (Å²) in [6.45, 7) is 3.21. The number of sulfonamides is 1. The largest absolute Gasteiger partial charge is 0.496 e. The average Bonchev–Trinajstić information content (AvgIpc) is 3.41. The number of amides is 1. The van der Waals surface area contributed by atoms with Crippen LogP contribution >= 0.6 is 0 Å². The van der Waals surface area contributed by atoms with Crippen molar-refractivity contribution in [2.45, 2.75) is 75.6 Å². The number of hydrogen-bond donors (Lipinski definition) is 1. The van der Waals surface area contributed by atoms with E-state index in [1.165, 1.54) is 28.3 Å². The third kappa shape index (κ3) is 5.47. The summed E-state index contributed by atoms with van der Waals surface area (Å²) in [5.41, 5.74) is 4.75. The van der Waals surface area contributed by atoms with Crippen LogP contribution in [0.25, 0.3) is 0 Å². The van der Waals surface area contributed by atoms with Gasteiger partial charge in [-0.1, -0.05) is 25.1 Å². The molecule has 1 heterocycles. The zero-order chi connectivity index (χ0) is 24.1. The molecule has 1 fully saturated rings. The molecule has 1 aliphatic carbocycles. The molecule has 1 saturated heterocycles. The Morgan fingerprint density at radius 1 is 1.03 bits per heavy atom. The van der Waals surface area contributed by atoms with Gasteiger partial charge in [0.25, 0.3) is 0 Å². The Morgan fingerprint density at radius 2 is 1.76 bits per heavy atom. The van der Waals surface area contributed by atoms with Crippen molar-refractivity contribution in [2.24, 2.45) is 0 Å². The lowest BCUT2D eigenvalue weighted by atomic mass is 9.88. The molecule has 7 heteroatoms. The molecule has 2 aromatic rings. The normalized spacial score (nSPS) is 17.2. The van der Waals surface area contributed by atoms with Crippen LogP contribution in [0, 0.1) is 0 Å². The lowest BCUT2D eigenvalue weighted by Gasteiger charge is -2.22. The maximum atomic E-state index is 13.0. The van der Waals surface area contributed by atoms with Gasteiger partial charge in [-0.05, 0) is 91.8 Å². The minimum Gasteiger partial charge on any atom is -0.496 e. The molecular formula is C27H36N2O4S. The lowest BCUT2D eigenvalue weighted by molar-refractivity contribution is -0.121. The van der Waals surface area contributed by atoms with Crippen LogP contribution in [-0.2, 0) is 34.1 Å². The second kappa shape index (κ2) is 10.9. The van der Waals surface area contributed by atoms with Crippen molar-refractivity contribution in [2.75, 3.05) is 20.2 Å². The van der Waals surface area contributed by atoms with E-state index in [1.54, 1.807) is 25.3 Å². The van der Waals surface area contributed by atoms with Crippen LogP contribution in [0.2, 0.25) is 0 Å². The maximum Gasteiger partial charge on any atom is 0.243 e. The van der Waals surface area contributed by atoms with Crippen LogP contribution in [0.4, 0.5) is 0 Å². The first-order chi connectivity index (χ1) is 16.4. The van der Waals surface area contributed by atoms with Crippen molar-refractivity contribution >= 4 is 15.9 Å². The van der Waals surface area contributed by atoms with Gasteiger partial charge in [-0.2, -0.15) is 4.31 Å². The SMILES string of the molecule is CCC(NC(=O)CCc1cc(S(=O)(=O)N2CCCC2)ccc1OC)c1ccc2c(c1)CCCC2. The number of rotatable bonds is 9. The fourth-order valence-electron chi connectivity index (χ4n) is 5.09. The number of ether oxygens (including phenoxy) is 1. The monoisotopic (exact) mass is 484 g/mol. The first kappa shape index (κ1) is 24.7. The molecule has 0 saturated carbocycles. The number of carbonyl (C=O) groups is 1. The van der Waals surface area contributed by atoms with Crippen molar-refractivity contribution in [3.05, 3.63) is 58.7 Å². The van der Waals surface area contributed by atoms with Crippen molar-refractivity contribution in [3.63, 3.8) is 0 Å². The molecule has 1 amide bonds. The van der Waals surface area contributed by atoms with Gasteiger partial charge in [0, 0.05) is 19.5 Å². The Kier molecular flexibility index (Phi) is 7.94. The molecule has 0 aromatic heterocycles. The Hall–Kier alpha value is -2.38. The van der Waals surface area contributed by atoms with Gasteiger partial charge >= 0.3 is 0 Å². The van der Waals surface area contributed by atoms with E-state index in [4.69, 9.17) is 4.74 Å². The number of aryl methyl sites for hydroxylation is 3. The number of carbonyl (C=O) groups excluding carboxylic acids is 1. The number of fused-ring (bicyclic) bond motifs is 1. The summed E-state index contributed by atoms with van der Waals surface area (Å²) in [6.07, 6.45) is 8.04. The zero-order valence-corrected chi connectivity index (χ0v) is 21.1. The van der Waals surface area contributed by atoms with Crippen LogP contribution in [0.5, 0.6) is 5.75 Å². The quantitative estimate of drug-likeness (QED) is 0.566. The van der Waals surface area contributed by atoms with E-state index < -0.39 is 10.0 Å². The Balaban J connectivity index is 1.43. The highest BCUT2D eigenvalue weighted by atomic mass is 32.2. The van der Waals surface area contributed by atoms with Gasteiger partial charge in [-0.15, -0.1) is 0 Å². The smallest absolute Gasteiger partial charge is 0.243 e. The van der Waals surface area contributed by atoms with Gasteiger partial charge in [-0.25, -0.2) is 8.42 Å². The topological polar surface area (TPSA) is 75.7 Å². The second-order valence-electron chi connectivity index (χ2n) is 9.35. The fraction of sp³-hybridized carbons (Fsp3) is 0.519. The third-order valence-electron chi connectivity index (χ3n) is 7.09. The van der Waals surface area contributed by atoms with Crippen LogP contribution in [0.1, 0.15) is 73.7 Å². The van der Waals surface area contributed by atoms with E-state index in [0.717, 1.165) is 43.2 Å². The van der Waals surface area contributed by atoms with Crippen LogP contribution in [0.15, 0.2) is 41.3 Å². The number of nitrogens with one attached hydrogen (secondary N) is 1. The van der Waals surface area contributed by atoms with Gasteiger partial charge in [0.2, 0.25) is 15.9 Å². The first-order valence-corrected chi connectivity index (χ1v) is 13.9. The molecular weight excluding hydrogens is 448 g/mol. The second-order valence-corrected chi connectivity index (χ2v) is 11.3. The minimum atomic E-state index is -3.51. The number of nitrogens with zero attached hydrogens (tertiary/aromatic N) is 1. The minimum absolute atomic E-state index is 0.0245. The molecule has 1 unspecified atom stereocenters. The van der Waals surface area contributed by atoms with E-state index in [0.29, 0.717) is 25.3 Å². The van der Waals surface area contributed by atoms with Crippen LogP contribution in [-0.4, -0.2) is 38.8 Å². The molecule has 6 nitrogen and oxygen atoms in total. The summed E-state index contributed by atoms with van der Waals surface area (Å²) >= 11 is 0. The van der Waals surface area contributed by atoms with Gasteiger partial charge in [-0.3, -0.25) is 4.79 Å². The third-order valence-corrected chi connectivity index (χ3v) is 8.99. The zero-order valence-electron chi connectivity index (χ0n) is 20.3. The van der Waals surface area contributed by atoms with Gasteiger partial charge < -0.3 is 10.1 Å². The highest BCUT2D eigenvalue weighted by molar-refractivity contribution is 7.89. The molecule has 1 atom stereocenters. The Morgan fingerprint density at radius 3 is 2.47 bits per heavy atom. The summed E-state index contributed by atoms with van der Waals surface area (Å²) in [4.78, 5) is 13.1. The average molecular weight is 485 g/mol. The van der Waals surface area contributed by atoms with E-state index >= 15 is 0 Å². The number of hydrogen-bond acceptors (Lipinski definition) is 4. The Labute approximate surface area is 203 Å². The maximum absolute atomic E-state index is 13.0. The molecule has 1 aliphatic heterocycles. The standard InChI is InChI=1S/C27H36N2O4S/c1-3-25(22-11-10-20-8-4-5-9-21(20)18-22)28-27(30)15-12-23-19-24(13-14-26(23)33-2)34(31,32)29-16-6-7-17-29/h10-11,13-14,18-19,25H,3-9,12,15-17H2,1-2H3,(H,28,30). The Bertz CT molecular complexity index is 1120. The summed E-state index contributed by atoms with van der Waals surface area (Å²) < 4.78 is 32.9. The van der Waals surface area contributed by atoms with Crippen molar-refractivity contribution in [1.29, 1.82) is 0 Å². The molecule has 1 N–H and O–H groups in total. The van der Waals surface area contributed by atoms with E-state index in [2.05, 4.69) is 30.4 Å². The summed E-state index contributed by atoms with van der Waals surface area (Å²) in [5.74, 6) is 0.564. The highest BCUT2D eigenvalue weighted by Gasteiger charge is 2.28. The number of benzene rings is 2. The molecule has 4 rings (SSSR count). The molecule has 0 spiro atoms. The van der Waals surface area contributed by atoms with Crippen molar-refractivity contribution < 1.29 is 17.9 Å². The highest BCUT2D eigenvalue weighted by Crippen LogP contribution is 2.28. The number of methoxy groups -OCH3 is 1. The van der Waals surface area contributed by atoms with Crippen molar-refractivity contribution in [3.8, 4) is 5.75 Å². The lowest BCUT2D eigenvalue weighted by Crippen LogP contribution is -2.29. The van der Waals surface area contributed by atoms with E-state index in [9.17, 15) is 13.2 Å². The van der Waals surface area contributed by atoms with E-state index in [1.807, 2.05) is 0 Å². The predicted octanol–water partition coefficient (Wildman–Crippen LogP) is 4.56. The fourth-order valence-corrected chi connectivity index (χ4v) is 6.66. The molecule has 0 bridgehead atoms. The molecule has 0 radical (unpaired) electrons.